The van der Waals surface area contributed by atoms with Gasteiger partial charge in [0.1, 0.15) is 5.56 Å². The van der Waals surface area contributed by atoms with E-state index in [4.69, 9.17) is 0 Å². The highest BCUT2D eigenvalue weighted by Crippen LogP contribution is 2.33. The maximum absolute atomic E-state index is 13.0. The largest absolute Gasteiger partial charge is 0.386 e. The fourth-order valence-corrected chi connectivity index (χ4v) is 3.34. The summed E-state index contributed by atoms with van der Waals surface area (Å²) in [4.78, 5) is 17.4. The third-order valence-electron chi connectivity index (χ3n) is 4.97. The van der Waals surface area contributed by atoms with Gasteiger partial charge in [-0.05, 0) is 59.2 Å². The van der Waals surface area contributed by atoms with Gasteiger partial charge in [0.15, 0.2) is 5.65 Å². The molecule has 3 heterocycles. The van der Waals surface area contributed by atoms with Gasteiger partial charge < -0.3 is 10.4 Å². The van der Waals surface area contributed by atoms with E-state index < -0.39 is 5.60 Å². The number of anilines is 1. The molecule has 0 bridgehead atoms. The summed E-state index contributed by atoms with van der Waals surface area (Å²) in [6.45, 7) is 11.5. The Morgan fingerprint density at radius 2 is 1.83 bits per heavy atom. The zero-order valence-corrected chi connectivity index (χ0v) is 18.1. The molecule has 0 aliphatic rings. The van der Waals surface area contributed by atoms with Crippen molar-refractivity contribution < 1.29 is 9.90 Å². The van der Waals surface area contributed by atoms with Gasteiger partial charge in [-0.3, -0.25) is 9.48 Å². The molecule has 0 radical (unpaired) electrons. The molecule has 0 aliphatic carbocycles. The van der Waals surface area contributed by atoms with Crippen LogP contribution in [0.15, 0.2) is 36.9 Å². The fraction of sp³-hybridized carbons (Fsp3) is 0.364. The Labute approximate surface area is 174 Å². The lowest BCUT2D eigenvalue weighted by atomic mass is 9.95. The molecule has 3 aromatic heterocycles. The molecule has 8 nitrogen and oxygen atoms in total. The lowest BCUT2D eigenvalue weighted by Crippen LogP contribution is -2.22. The normalized spacial score (nSPS) is 12.6. The summed E-state index contributed by atoms with van der Waals surface area (Å²) in [5.74, 6) is -0.339. The molecule has 2 N–H and O–H groups in total. The third-order valence-corrected chi connectivity index (χ3v) is 4.97. The Bertz CT molecular complexity index is 1270. The zero-order chi connectivity index (χ0) is 21.8. The summed E-state index contributed by atoms with van der Waals surface area (Å²) >= 11 is 0. The number of carbonyl (C=O) groups is 1. The predicted molar refractivity (Wildman–Crippen MR) is 116 cm³/mol. The standard InChI is InChI=1S/C22H26N6O2/c1-13-9-23-19-15(10-24-27(19)11-13)20(29)25-18-7-14-12-28(21(2,3)4)26-17(14)8-16(18)22(5,6)30/h7-12,30H,1-6H3,(H,25,29). The highest BCUT2D eigenvalue weighted by molar-refractivity contribution is 6.09. The van der Waals surface area contributed by atoms with Crippen molar-refractivity contribution >= 4 is 28.1 Å². The van der Waals surface area contributed by atoms with Gasteiger partial charge in [-0.25, -0.2) is 9.50 Å². The molecule has 8 heteroatoms. The van der Waals surface area contributed by atoms with Crippen LogP contribution in [-0.2, 0) is 11.1 Å². The second-order valence-electron chi connectivity index (χ2n) is 9.17. The van der Waals surface area contributed by atoms with Crippen LogP contribution in [0.5, 0.6) is 0 Å². The Hall–Kier alpha value is -3.26. The van der Waals surface area contributed by atoms with Crippen LogP contribution in [0.1, 0.15) is 56.1 Å². The van der Waals surface area contributed by atoms with Crippen molar-refractivity contribution in [3.8, 4) is 0 Å². The van der Waals surface area contributed by atoms with Crippen LogP contribution >= 0.6 is 0 Å². The Kier molecular flexibility index (Phi) is 4.43. The van der Waals surface area contributed by atoms with Gasteiger partial charge in [-0.1, -0.05) is 0 Å². The molecule has 1 aromatic carbocycles. The predicted octanol–water partition coefficient (Wildman–Crippen LogP) is 3.62. The number of rotatable bonds is 3. The molecule has 0 aliphatic heterocycles. The van der Waals surface area contributed by atoms with E-state index in [1.54, 1.807) is 24.6 Å². The van der Waals surface area contributed by atoms with E-state index in [2.05, 4.69) is 41.3 Å². The highest BCUT2D eigenvalue weighted by atomic mass is 16.3. The summed E-state index contributed by atoms with van der Waals surface area (Å²) < 4.78 is 3.46. The first-order valence-corrected chi connectivity index (χ1v) is 9.81. The monoisotopic (exact) mass is 406 g/mol. The molecule has 0 atom stereocenters. The van der Waals surface area contributed by atoms with E-state index in [0.717, 1.165) is 16.5 Å². The Balaban J connectivity index is 1.79. The number of aryl methyl sites for hydroxylation is 1. The van der Waals surface area contributed by atoms with Crippen molar-refractivity contribution in [1.82, 2.24) is 24.4 Å². The summed E-state index contributed by atoms with van der Waals surface area (Å²) in [5, 5.41) is 23.4. The zero-order valence-electron chi connectivity index (χ0n) is 18.1. The Morgan fingerprint density at radius 3 is 2.50 bits per heavy atom. The average Bonchev–Trinajstić information content (AvgIpc) is 3.22. The van der Waals surface area contributed by atoms with Crippen LogP contribution < -0.4 is 5.32 Å². The fourth-order valence-electron chi connectivity index (χ4n) is 3.34. The van der Waals surface area contributed by atoms with E-state index >= 15 is 0 Å². The lowest BCUT2D eigenvalue weighted by Gasteiger charge is -2.22. The van der Waals surface area contributed by atoms with Gasteiger partial charge in [0.25, 0.3) is 5.91 Å². The molecular formula is C22H26N6O2. The lowest BCUT2D eigenvalue weighted by molar-refractivity contribution is 0.0794. The first-order chi connectivity index (χ1) is 13.9. The minimum atomic E-state index is -1.17. The number of nitrogens with zero attached hydrogens (tertiary/aromatic N) is 5. The molecule has 1 amide bonds. The molecule has 156 valence electrons. The van der Waals surface area contributed by atoms with Gasteiger partial charge in [0.05, 0.1) is 22.9 Å². The van der Waals surface area contributed by atoms with E-state index in [1.807, 2.05) is 36.1 Å². The van der Waals surface area contributed by atoms with Gasteiger partial charge in [-0.2, -0.15) is 10.2 Å². The SMILES string of the molecule is Cc1cnc2c(C(=O)Nc3cc4cn(C(C)(C)C)nc4cc3C(C)(C)O)cnn2c1. The van der Waals surface area contributed by atoms with E-state index in [0.29, 0.717) is 22.5 Å². The second kappa shape index (κ2) is 6.63. The number of hydrogen-bond acceptors (Lipinski definition) is 5. The van der Waals surface area contributed by atoms with Gasteiger partial charge in [-0.15, -0.1) is 0 Å². The number of aliphatic hydroxyl groups is 1. The van der Waals surface area contributed by atoms with E-state index in [1.165, 1.54) is 6.20 Å². The maximum atomic E-state index is 13.0. The van der Waals surface area contributed by atoms with Crippen LogP contribution in [0.3, 0.4) is 0 Å². The minimum absolute atomic E-state index is 0.182. The molecule has 4 aromatic rings. The molecule has 0 saturated carbocycles. The number of hydrogen-bond donors (Lipinski definition) is 2. The molecule has 4 rings (SSSR count). The van der Waals surface area contributed by atoms with Crippen molar-refractivity contribution in [3.05, 3.63) is 53.6 Å². The number of carbonyl (C=O) groups excluding carboxylic acids is 1. The topological polar surface area (TPSA) is 97.3 Å². The van der Waals surface area contributed by atoms with Crippen molar-refractivity contribution in [3.63, 3.8) is 0 Å². The molecule has 0 fully saturated rings. The van der Waals surface area contributed by atoms with Crippen molar-refractivity contribution in [2.24, 2.45) is 0 Å². The van der Waals surface area contributed by atoms with E-state index in [9.17, 15) is 9.90 Å². The van der Waals surface area contributed by atoms with Crippen molar-refractivity contribution in [2.75, 3.05) is 5.32 Å². The quantitative estimate of drug-likeness (QED) is 0.542. The molecule has 30 heavy (non-hydrogen) atoms. The number of fused-ring (bicyclic) bond motifs is 2. The molecule has 0 unspecified atom stereocenters. The summed E-state index contributed by atoms with van der Waals surface area (Å²) in [6, 6.07) is 3.67. The van der Waals surface area contributed by atoms with Crippen molar-refractivity contribution in [1.29, 1.82) is 0 Å². The summed E-state index contributed by atoms with van der Waals surface area (Å²) in [6.07, 6.45) is 6.95. The Morgan fingerprint density at radius 1 is 1.10 bits per heavy atom. The number of aromatic nitrogens is 5. The molecular weight excluding hydrogens is 380 g/mol. The van der Waals surface area contributed by atoms with Crippen molar-refractivity contribution in [2.45, 2.75) is 52.7 Å². The van der Waals surface area contributed by atoms with Crippen LogP contribution in [0.25, 0.3) is 16.6 Å². The maximum Gasteiger partial charge on any atom is 0.261 e. The van der Waals surface area contributed by atoms with Gasteiger partial charge in [0.2, 0.25) is 0 Å². The van der Waals surface area contributed by atoms with Gasteiger partial charge in [0, 0.05) is 35.2 Å². The summed E-state index contributed by atoms with van der Waals surface area (Å²) in [7, 11) is 0. The molecule has 0 spiro atoms. The average molecular weight is 406 g/mol. The first-order valence-electron chi connectivity index (χ1n) is 9.81. The minimum Gasteiger partial charge on any atom is -0.386 e. The number of nitrogens with one attached hydrogen (secondary N) is 1. The third kappa shape index (κ3) is 3.54. The van der Waals surface area contributed by atoms with Crippen LogP contribution in [0, 0.1) is 6.92 Å². The molecule has 0 saturated heterocycles. The van der Waals surface area contributed by atoms with Crippen LogP contribution in [0.4, 0.5) is 5.69 Å². The summed E-state index contributed by atoms with van der Waals surface area (Å²) in [5.41, 5.74) is 2.31. The smallest absolute Gasteiger partial charge is 0.261 e. The second-order valence-corrected chi connectivity index (χ2v) is 9.17. The van der Waals surface area contributed by atoms with Crippen LogP contribution in [-0.4, -0.2) is 35.4 Å². The number of benzene rings is 1. The number of amides is 1. The first kappa shape index (κ1) is 20.0. The van der Waals surface area contributed by atoms with Crippen LogP contribution in [0.2, 0.25) is 0 Å². The highest BCUT2D eigenvalue weighted by Gasteiger charge is 2.25. The van der Waals surface area contributed by atoms with E-state index in [-0.39, 0.29) is 11.4 Å². The van der Waals surface area contributed by atoms with Gasteiger partial charge >= 0.3 is 0 Å².